The lowest BCUT2D eigenvalue weighted by molar-refractivity contribution is 0.0600. The number of carbonyl (C=O) groups excluding carboxylic acids is 2. The predicted molar refractivity (Wildman–Crippen MR) is 74.5 cm³/mol. The molecule has 1 N–H and O–H groups in total. The molecule has 0 fully saturated rings. The molecule has 0 saturated carbocycles. The van der Waals surface area contributed by atoms with Crippen LogP contribution in [0.5, 0.6) is 0 Å². The van der Waals surface area contributed by atoms with Crippen molar-refractivity contribution >= 4 is 40.8 Å². The second-order valence-electron chi connectivity index (χ2n) is 3.74. The van der Waals surface area contributed by atoms with Gasteiger partial charge in [0.05, 0.1) is 23.4 Å². The minimum absolute atomic E-state index is 0.0366. The summed E-state index contributed by atoms with van der Waals surface area (Å²) in [6, 6.07) is 7.27. The number of amides is 1. The molecule has 0 unspecified atom stereocenters. The van der Waals surface area contributed by atoms with E-state index in [1.165, 1.54) is 37.4 Å². The number of halogens is 2. The summed E-state index contributed by atoms with van der Waals surface area (Å²) in [4.78, 5) is 23.3. The maximum absolute atomic E-state index is 11.9. The highest BCUT2D eigenvalue weighted by Gasteiger charge is 2.14. The number of carbonyl (C=O) groups is 2. The summed E-state index contributed by atoms with van der Waals surface area (Å²) in [6.45, 7) is 0. The molecule has 7 heteroatoms. The molecule has 0 spiro atoms. The number of esters is 1. The number of hydrogen-bond donors (Lipinski definition) is 1. The Morgan fingerprint density at radius 2 is 1.95 bits per heavy atom. The minimum atomic E-state index is -0.529. The van der Waals surface area contributed by atoms with Crippen molar-refractivity contribution in [1.82, 2.24) is 0 Å². The van der Waals surface area contributed by atoms with Crippen molar-refractivity contribution in [2.24, 2.45) is 0 Å². The average molecular weight is 314 g/mol. The van der Waals surface area contributed by atoms with Crippen molar-refractivity contribution in [3.8, 4) is 0 Å². The third-order valence-corrected chi connectivity index (χ3v) is 2.97. The van der Waals surface area contributed by atoms with E-state index < -0.39 is 11.9 Å². The first-order chi connectivity index (χ1) is 9.51. The van der Waals surface area contributed by atoms with Gasteiger partial charge in [0.2, 0.25) is 0 Å². The Kier molecular flexibility index (Phi) is 4.32. The van der Waals surface area contributed by atoms with Crippen LogP contribution < -0.4 is 5.32 Å². The number of ether oxygens (including phenoxy) is 1. The van der Waals surface area contributed by atoms with Gasteiger partial charge in [-0.3, -0.25) is 4.79 Å². The Labute approximate surface area is 124 Å². The van der Waals surface area contributed by atoms with Crippen LogP contribution >= 0.6 is 23.2 Å². The normalized spacial score (nSPS) is 10.2. The monoisotopic (exact) mass is 313 g/mol. The van der Waals surface area contributed by atoms with Gasteiger partial charge in [0.25, 0.3) is 5.91 Å². The quantitative estimate of drug-likeness (QED) is 0.879. The fraction of sp³-hybridized carbons (Fsp3) is 0.0769. The van der Waals surface area contributed by atoms with E-state index in [-0.39, 0.29) is 27.3 Å². The lowest BCUT2D eigenvalue weighted by Crippen LogP contribution is -2.12. The fourth-order valence-corrected chi connectivity index (χ4v) is 1.80. The van der Waals surface area contributed by atoms with Crippen molar-refractivity contribution in [2.75, 3.05) is 12.4 Å². The lowest BCUT2D eigenvalue weighted by Gasteiger charge is -2.07. The summed E-state index contributed by atoms with van der Waals surface area (Å²) in [5.41, 5.74) is 0.539. The SMILES string of the molecule is COC(=O)c1ccc(Cl)c(NC(=O)c2ccc(Cl)o2)c1. The van der Waals surface area contributed by atoms with Crippen LogP contribution in [0.25, 0.3) is 0 Å². The number of anilines is 1. The fourth-order valence-electron chi connectivity index (χ4n) is 1.49. The molecule has 104 valence electrons. The number of hydrogen-bond acceptors (Lipinski definition) is 4. The molecule has 0 aliphatic carbocycles. The highest BCUT2D eigenvalue weighted by molar-refractivity contribution is 6.34. The van der Waals surface area contributed by atoms with Gasteiger partial charge >= 0.3 is 5.97 Å². The first-order valence-corrected chi connectivity index (χ1v) is 6.21. The summed E-state index contributed by atoms with van der Waals surface area (Å²) < 4.78 is 9.57. The first kappa shape index (κ1) is 14.4. The second kappa shape index (κ2) is 5.98. The Morgan fingerprint density at radius 3 is 2.55 bits per heavy atom. The van der Waals surface area contributed by atoms with E-state index in [0.717, 1.165) is 0 Å². The molecule has 0 aliphatic heterocycles. The molecule has 0 aliphatic rings. The van der Waals surface area contributed by atoms with Crippen LogP contribution in [0.1, 0.15) is 20.9 Å². The van der Waals surface area contributed by atoms with Crippen molar-refractivity contribution in [2.45, 2.75) is 0 Å². The number of benzene rings is 1. The summed E-state index contributed by atoms with van der Waals surface area (Å²) in [7, 11) is 1.26. The van der Waals surface area contributed by atoms with Gasteiger partial charge in [-0.2, -0.15) is 0 Å². The molecule has 1 aromatic heterocycles. The van der Waals surface area contributed by atoms with Crippen LogP contribution in [0.3, 0.4) is 0 Å². The van der Waals surface area contributed by atoms with E-state index in [0.29, 0.717) is 0 Å². The third kappa shape index (κ3) is 3.12. The summed E-state index contributed by atoms with van der Waals surface area (Å²) in [5, 5.41) is 2.91. The van der Waals surface area contributed by atoms with E-state index in [2.05, 4.69) is 10.1 Å². The standard InChI is InChI=1S/C13H9Cl2NO4/c1-19-13(18)7-2-3-8(14)9(6-7)16-12(17)10-4-5-11(15)20-10/h2-6H,1H3,(H,16,17). The summed E-state index contributed by atoms with van der Waals surface area (Å²) in [6.07, 6.45) is 0. The van der Waals surface area contributed by atoms with Gasteiger partial charge in [0.1, 0.15) is 0 Å². The van der Waals surface area contributed by atoms with Crippen LogP contribution in [-0.2, 0) is 4.74 Å². The van der Waals surface area contributed by atoms with E-state index in [1.807, 2.05) is 0 Å². The smallest absolute Gasteiger partial charge is 0.337 e. The molecule has 2 aromatic rings. The van der Waals surface area contributed by atoms with Gasteiger partial charge < -0.3 is 14.5 Å². The third-order valence-electron chi connectivity index (χ3n) is 2.43. The zero-order valence-corrected chi connectivity index (χ0v) is 11.8. The molecule has 0 saturated heterocycles. The molecule has 1 heterocycles. The molecule has 20 heavy (non-hydrogen) atoms. The maximum Gasteiger partial charge on any atom is 0.337 e. The topological polar surface area (TPSA) is 68.5 Å². The Hall–Kier alpha value is -1.98. The number of nitrogens with one attached hydrogen (secondary N) is 1. The largest absolute Gasteiger partial charge is 0.465 e. The maximum atomic E-state index is 11.9. The second-order valence-corrected chi connectivity index (χ2v) is 4.52. The molecular formula is C13H9Cl2NO4. The van der Waals surface area contributed by atoms with Crippen LogP contribution in [0.15, 0.2) is 34.7 Å². The molecular weight excluding hydrogens is 305 g/mol. The molecule has 0 atom stereocenters. The number of furan rings is 1. The Balaban J connectivity index is 2.24. The van der Waals surface area contributed by atoms with E-state index >= 15 is 0 Å². The molecule has 1 amide bonds. The summed E-state index contributed by atoms with van der Waals surface area (Å²) >= 11 is 11.5. The predicted octanol–water partition coefficient (Wildman–Crippen LogP) is 3.63. The van der Waals surface area contributed by atoms with Gasteiger partial charge in [0.15, 0.2) is 11.0 Å². The number of rotatable bonds is 3. The van der Waals surface area contributed by atoms with E-state index in [9.17, 15) is 9.59 Å². The van der Waals surface area contributed by atoms with Crippen molar-refractivity contribution in [3.05, 3.63) is 51.9 Å². The van der Waals surface area contributed by atoms with Gasteiger partial charge in [-0.15, -0.1) is 0 Å². The van der Waals surface area contributed by atoms with Crippen molar-refractivity contribution in [1.29, 1.82) is 0 Å². The zero-order valence-electron chi connectivity index (χ0n) is 10.3. The van der Waals surface area contributed by atoms with Crippen LogP contribution in [-0.4, -0.2) is 19.0 Å². The Bertz CT molecular complexity index is 666. The molecule has 2 rings (SSSR count). The van der Waals surface area contributed by atoms with Crippen LogP contribution in [0, 0.1) is 0 Å². The molecule has 0 radical (unpaired) electrons. The van der Waals surface area contributed by atoms with Gasteiger partial charge in [-0.05, 0) is 41.9 Å². The highest BCUT2D eigenvalue weighted by atomic mass is 35.5. The van der Waals surface area contributed by atoms with Crippen LogP contribution in [0.4, 0.5) is 5.69 Å². The molecule has 0 bridgehead atoms. The molecule has 5 nitrogen and oxygen atoms in total. The van der Waals surface area contributed by atoms with Crippen molar-refractivity contribution < 1.29 is 18.7 Å². The highest BCUT2D eigenvalue weighted by Crippen LogP contribution is 2.24. The van der Waals surface area contributed by atoms with Gasteiger partial charge in [-0.1, -0.05) is 11.6 Å². The average Bonchev–Trinajstić information content (AvgIpc) is 2.87. The van der Waals surface area contributed by atoms with Gasteiger partial charge in [0, 0.05) is 0 Å². The van der Waals surface area contributed by atoms with Gasteiger partial charge in [-0.25, -0.2) is 4.79 Å². The lowest BCUT2D eigenvalue weighted by atomic mass is 10.2. The van der Waals surface area contributed by atoms with E-state index in [1.54, 1.807) is 0 Å². The summed E-state index contributed by atoms with van der Waals surface area (Å²) in [5.74, 6) is -1.02. The zero-order chi connectivity index (χ0) is 14.7. The first-order valence-electron chi connectivity index (χ1n) is 5.46. The minimum Gasteiger partial charge on any atom is -0.465 e. The van der Waals surface area contributed by atoms with E-state index in [4.69, 9.17) is 27.6 Å². The number of methoxy groups -OCH3 is 1. The van der Waals surface area contributed by atoms with Crippen LogP contribution in [0.2, 0.25) is 10.2 Å². The Morgan fingerprint density at radius 1 is 1.20 bits per heavy atom. The van der Waals surface area contributed by atoms with Crippen molar-refractivity contribution in [3.63, 3.8) is 0 Å². The molecule has 1 aromatic carbocycles.